The number of benzene rings is 12. The average Bonchev–Trinajstić information content (AvgIpc) is 1.51. The number of hydrogen-bond donors (Lipinski definition) is 0. The highest BCUT2D eigenvalue weighted by Crippen LogP contribution is 2.64. The van der Waals surface area contributed by atoms with Gasteiger partial charge in [0.2, 0.25) is 0 Å². The number of unbranched alkanes of at least 4 members (excludes halogenated alkanes) is 10. The Bertz CT molecular complexity index is 5190. The third-order valence-corrected chi connectivity index (χ3v) is 25.9. The van der Waals surface area contributed by atoms with Gasteiger partial charge in [-0.15, -0.1) is 0 Å². The molecule has 12 aromatic rings. The van der Waals surface area contributed by atoms with Gasteiger partial charge in [0.05, 0.1) is 11.1 Å². The van der Waals surface area contributed by atoms with Crippen molar-refractivity contribution < 1.29 is 26.3 Å². The van der Waals surface area contributed by atoms with Crippen LogP contribution in [0.2, 0.25) is 0 Å². The van der Waals surface area contributed by atoms with E-state index in [0.29, 0.717) is 11.1 Å². The molecular weight excluding hydrogens is 1300 g/mol. The molecule has 0 spiro atoms. The summed E-state index contributed by atoms with van der Waals surface area (Å²) in [6, 6.07) is 73.0. The van der Waals surface area contributed by atoms with Crippen LogP contribution in [0.5, 0.6) is 0 Å². The maximum atomic E-state index is 14.0. The Morgan fingerprint density at radius 1 is 0.238 bits per heavy atom. The number of alkyl halides is 6. The number of halogens is 6. The molecule has 12 aromatic carbocycles. The normalized spacial score (nSPS) is 16.0. The maximum Gasteiger partial charge on any atom is 0.416 e. The van der Waals surface area contributed by atoms with E-state index in [1.807, 2.05) is 27.7 Å². The van der Waals surface area contributed by atoms with E-state index in [-0.39, 0.29) is 16.2 Å². The number of rotatable bonds is 18. The minimum atomic E-state index is -4.41. The molecule has 5 aliphatic carbocycles. The number of fused-ring (bicyclic) bond motifs is 19. The van der Waals surface area contributed by atoms with Gasteiger partial charge in [0, 0.05) is 27.1 Å². The molecule has 6 heteroatoms. The van der Waals surface area contributed by atoms with E-state index in [1.54, 1.807) is 12.1 Å². The first-order valence-electron chi connectivity index (χ1n) is 38.7. The van der Waals surface area contributed by atoms with Crippen LogP contribution in [0.1, 0.15) is 226 Å². The van der Waals surface area contributed by atoms with Crippen molar-refractivity contribution in [2.45, 2.75) is 199 Å². The van der Waals surface area contributed by atoms with E-state index in [4.69, 9.17) is 0 Å². The van der Waals surface area contributed by atoms with Crippen molar-refractivity contribution in [3.05, 3.63) is 273 Å². The summed E-state index contributed by atoms with van der Waals surface area (Å²) in [5.74, 6) is 0. The van der Waals surface area contributed by atoms with Gasteiger partial charge in [-0.25, -0.2) is 0 Å². The fourth-order valence-electron chi connectivity index (χ4n) is 20.1. The Balaban J connectivity index is 0.757. The summed E-state index contributed by atoms with van der Waals surface area (Å²) >= 11 is 0. The van der Waals surface area contributed by atoms with E-state index in [1.165, 1.54) is 201 Å². The smallest absolute Gasteiger partial charge is 0.166 e. The third kappa shape index (κ3) is 10.8. The molecule has 0 aliphatic heterocycles. The summed E-state index contributed by atoms with van der Waals surface area (Å²) in [5.41, 5.74) is 29.5. The highest BCUT2D eigenvalue weighted by molar-refractivity contribution is 6.12. The molecule has 5 aliphatic rings. The van der Waals surface area contributed by atoms with Gasteiger partial charge in [0.1, 0.15) is 0 Å². The predicted octanol–water partition coefficient (Wildman–Crippen LogP) is 29.7. The van der Waals surface area contributed by atoms with Crippen LogP contribution in [0.3, 0.4) is 0 Å². The molecule has 0 heterocycles. The first kappa shape index (κ1) is 68.8. The molecule has 0 saturated heterocycles. The molecule has 105 heavy (non-hydrogen) atoms. The van der Waals surface area contributed by atoms with Crippen molar-refractivity contribution in [2.24, 2.45) is 0 Å². The molecule has 0 atom stereocenters. The fraction of sp³-hybridized carbons (Fsp3) is 0.313. The monoisotopic (exact) mass is 1390 g/mol. The first-order valence-corrected chi connectivity index (χ1v) is 38.7. The summed E-state index contributed by atoms with van der Waals surface area (Å²) in [7, 11) is 0. The lowest BCUT2D eigenvalue weighted by Crippen LogP contribution is -2.26. The van der Waals surface area contributed by atoms with Gasteiger partial charge >= 0.3 is 12.4 Å². The molecule has 0 nitrogen and oxygen atoms in total. The van der Waals surface area contributed by atoms with Crippen LogP contribution >= 0.6 is 0 Å². The third-order valence-electron chi connectivity index (χ3n) is 25.9. The topological polar surface area (TPSA) is 0 Å². The van der Waals surface area contributed by atoms with Crippen molar-refractivity contribution >= 4 is 21.5 Å². The lowest BCUT2D eigenvalue weighted by Gasteiger charge is -2.34. The molecule has 17 rings (SSSR count). The van der Waals surface area contributed by atoms with Crippen LogP contribution in [0.25, 0.3) is 122 Å². The Kier molecular flexibility index (Phi) is 16.3. The molecule has 0 radical (unpaired) electrons. The zero-order valence-corrected chi connectivity index (χ0v) is 62.3. The standard InChI is InChI=1S/C99H92F6/c1-11-13-15-17-19-25-47-97(48-26-20-18-16-14-12-2)87-57-79-85(95(7,8)89-53-75(67-27-21-23-29-73(67)91(79)89)61-35-31-59(32-36-61)63-39-43-69-71-45-41-65(98(100,101)102)51-83(71)93(3,4)81(69)49-63)55-77(87)78-56-86-80(58-88(78)97)92-74-30-24-22-28-68(74)76(54-90(92)96(86,9)10)62-37-33-60(34-38-62)64-40-44-70-72-46-42-66(99(103,104)105)52-84(72)94(5,6)82(70)50-64/h21-24,27-46,49-58H,11-20,25-26,47-48H2,1-10H3. The molecule has 0 N–H and O–H groups in total. The molecule has 0 bridgehead atoms. The summed E-state index contributed by atoms with van der Waals surface area (Å²) < 4.78 is 84.1. The van der Waals surface area contributed by atoms with Gasteiger partial charge in [0.25, 0.3) is 0 Å². The molecule has 0 saturated carbocycles. The summed E-state index contributed by atoms with van der Waals surface area (Å²) in [5, 5.41) is 5.00. The second-order valence-corrected chi connectivity index (χ2v) is 33.5. The van der Waals surface area contributed by atoms with E-state index in [2.05, 4.69) is 211 Å². The van der Waals surface area contributed by atoms with Gasteiger partial charge in [0.15, 0.2) is 0 Å². The van der Waals surface area contributed by atoms with Crippen LogP contribution < -0.4 is 0 Å². The van der Waals surface area contributed by atoms with E-state index < -0.39 is 34.3 Å². The van der Waals surface area contributed by atoms with E-state index >= 15 is 0 Å². The highest BCUT2D eigenvalue weighted by atomic mass is 19.4. The van der Waals surface area contributed by atoms with Crippen molar-refractivity contribution in [1.29, 1.82) is 0 Å². The zero-order chi connectivity index (χ0) is 73.1. The summed E-state index contributed by atoms with van der Waals surface area (Å²) in [6.45, 7) is 22.6. The van der Waals surface area contributed by atoms with Crippen molar-refractivity contribution in [2.75, 3.05) is 0 Å². The van der Waals surface area contributed by atoms with Gasteiger partial charge in [-0.05, 0) is 263 Å². The lowest BCUT2D eigenvalue weighted by atomic mass is 9.69. The van der Waals surface area contributed by atoms with Gasteiger partial charge < -0.3 is 0 Å². The van der Waals surface area contributed by atoms with E-state index in [9.17, 15) is 26.3 Å². The maximum absolute atomic E-state index is 14.0. The van der Waals surface area contributed by atoms with Crippen LogP contribution in [0.4, 0.5) is 26.3 Å². The van der Waals surface area contributed by atoms with Crippen molar-refractivity contribution in [3.8, 4) is 100 Å². The van der Waals surface area contributed by atoms with Gasteiger partial charge in [-0.1, -0.05) is 280 Å². The van der Waals surface area contributed by atoms with Crippen LogP contribution in [-0.4, -0.2) is 0 Å². The second-order valence-electron chi connectivity index (χ2n) is 33.5. The largest absolute Gasteiger partial charge is 0.416 e. The minimum Gasteiger partial charge on any atom is -0.166 e. The zero-order valence-electron chi connectivity index (χ0n) is 62.3. The summed E-state index contributed by atoms with van der Waals surface area (Å²) in [4.78, 5) is 0. The predicted molar refractivity (Wildman–Crippen MR) is 426 cm³/mol. The minimum absolute atomic E-state index is 0.205. The van der Waals surface area contributed by atoms with Crippen LogP contribution in [0.15, 0.2) is 206 Å². The second kappa shape index (κ2) is 24.9. The van der Waals surface area contributed by atoms with Gasteiger partial charge in [-0.2, -0.15) is 26.3 Å². The Morgan fingerprint density at radius 2 is 0.524 bits per heavy atom. The summed E-state index contributed by atoms with van der Waals surface area (Å²) in [6.07, 6.45) is 8.21. The average molecular weight is 1400 g/mol. The molecule has 0 unspecified atom stereocenters. The molecule has 0 amide bonds. The van der Waals surface area contributed by atoms with Gasteiger partial charge in [-0.3, -0.25) is 0 Å². The molecule has 530 valence electrons. The Labute approximate surface area is 616 Å². The molecular formula is C99H92F6. The molecule has 0 aromatic heterocycles. The van der Waals surface area contributed by atoms with Crippen molar-refractivity contribution in [3.63, 3.8) is 0 Å². The molecule has 0 fully saturated rings. The SMILES string of the molecule is CCCCCCCCC1(CCCCCCCC)c2cc3c(cc2-c2cc4c(cc21)-c1c(cc(-c2ccc(-c5ccc6c(c5)C(C)(C)c5cc(C(F)(F)F)ccc5-6)cc2)c2ccccc12)C4(C)C)C(C)(C)c1cc(-c2ccc(-c4ccc5c(c4)C(C)(C)c4cc(C(F)(F)F)ccc4-5)cc2)c2ccccc2c1-3. The number of hydrogen-bond acceptors (Lipinski definition) is 0. The van der Waals surface area contributed by atoms with Crippen LogP contribution in [0, 0.1) is 0 Å². The quantitative estimate of drug-likeness (QED) is 0.0593. The van der Waals surface area contributed by atoms with E-state index in [0.717, 1.165) is 79.6 Å². The Hall–Kier alpha value is -9.26. The first-order chi connectivity index (χ1) is 50.2. The highest BCUT2D eigenvalue weighted by Gasteiger charge is 2.50. The fourth-order valence-corrected chi connectivity index (χ4v) is 20.1. The Morgan fingerprint density at radius 3 is 0.895 bits per heavy atom. The van der Waals surface area contributed by atoms with Crippen LogP contribution in [-0.2, 0) is 39.4 Å². The lowest BCUT2D eigenvalue weighted by molar-refractivity contribution is -0.138. The van der Waals surface area contributed by atoms with Crippen molar-refractivity contribution in [1.82, 2.24) is 0 Å².